The maximum atomic E-state index is 11.1. The molecular weight excluding hydrogens is 370 g/mol. The first-order chi connectivity index (χ1) is 13.5. The Bertz CT molecular complexity index is 934. The molecule has 0 aromatic heterocycles. The maximum absolute atomic E-state index is 11.1. The van der Waals surface area contributed by atoms with Crippen molar-refractivity contribution in [3.63, 3.8) is 0 Å². The standard InChI is InChI=1S/C24H26ClNO2/c1-16-21(11-12-26(16)13-14-28-17(2)27)24-22-6-4-3-5-18(22)7-8-19-9-10-20(25)15-23(19)24/h3-6,9-10,15-16H,7-8,11-14H2,1-2H3. The highest BCUT2D eigenvalue weighted by Crippen LogP contribution is 2.41. The van der Waals surface area contributed by atoms with Crippen molar-refractivity contribution in [2.75, 3.05) is 19.7 Å². The number of carbonyl (C=O) groups excluding carboxylic acids is 1. The summed E-state index contributed by atoms with van der Waals surface area (Å²) in [6, 6.07) is 15.4. The zero-order chi connectivity index (χ0) is 19.7. The normalized spacial score (nSPS) is 21.8. The van der Waals surface area contributed by atoms with E-state index in [1.54, 1.807) is 0 Å². The fourth-order valence-electron chi connectivity index (χ4n) is 4.57. The van der Waals surface area contributed by atoms with Gasteiger partial charge in [-0.15, -0.1) is 0 Å². The lowest BCUT2D eigenvalue weighted by atomic mass is 9.87. The summed E-state index contributed by atoms with van der Waals surface area (Å²) >= 11 is 6.41. The molecule has 0 amide bonds. The molecule has 4 rings (SSSR count). The van der Waals surface area contributed by atoms with Crippen molar-refractivity contribution < 1.29 is 9.53 Å². The van der Waals surface area contributed by atoms with Crippen molar-refractivity contribution in [3.05, 3.63) is 75.3 Å². The summed E-state index contributed by atoms with van der Waals surface area (Å²) in [5, 5.41) is 0.786. The van der Waals surface area contributed by atoms with Gasteiger partial charge in [-0.05, 0) is 71.7 Å². The van der Waals surface area contributed by atoms with E-state index in [0.717, 1.165) is 37.4 Å². The van der Waals surface area contributed by atoms with Crippen molar-refractivity contribution in [2.45, 2.75) is 39.2 Å². The third-order valence-electron chi connectivity index (χ3n) is 6.02. The molecule has 0 bridgehead atoms. The highest BCUT2D eigenvalue weighted by Gasteiger charge is 2.31. The van der Waals surface area contributed by atoms with Crippen LogP contribution >= 0.6 is 11.6 Å². The lowest BCUT2D eigenvalue weighted by Gasteiger charge is -2.24. The maximum Gasteiger partial charge on any atom is 0.302 e. The summed E-state index contributed by atoms with van der Waals surface area (Å²) in [6.45, 7) is 5.92. The summed E-state index contributed by atoms with van der Waals surface area (Å²) < 4.78 is 5.17. The average Bonchev–Trinajstić information content (AvgIpc) is 2.94. The molecule has 4 heteroatoms. The van der Waals surface area contributed by atoms with E-state index in [9.17, 15) is 4.79 Å². The molecule has 1 saturated heterocycles. The molecule has 2 aromatic carbocycles. The Labute approximate surface area is 172 Å². The van der Waals surface area contributed by atoms with Crippen LogP contribution in [0.5, 0.6) is 0 Å². The third kappa shape index (κ3) is 3.74. The molecule has 28 heavy (non-hydrogen) atoms. The SMILES string of the molecule is CC(=O)OCCN1CCC(=C2c3ccccc3CCc3ccc(Cl)cc32)C1C. The Morgan fingerprint density at radius 1 is 1.11 bits per heavy atom. The van der Waals surface area contributed by atoms with Crippen LogP contribution in [0, 0.1) is 0 Å². The number of esters is 1. The van der Waals surface area contributed by atoms with Crippen LogP contribution in [-0.2, 0) is 22.4 Å². The van der Waals surface area contributed by atoms with Gasteiger partial charge >= 0.3 is 5.97 Å². The van der Waals surface area contributed by atoms with E-state index in [1.807, 2.05) is 6.07 Å². The molecule has 2 aliphatic rings. The van der Waals surface area contributed by atoms with Gasteiger partial charge in [0.05, 0.1) is 0 Å². The predicted molar refractivity (Wildman–Crippen MR) is 114 cm³/mol. The second-order valence-corrected chi connectivity index (χ2v) is 8.10. The van der Waals surface area contributed by atoms with Crippen molar-refractivity contribution >= 4 is 23.1 Å². The minimum Gasteiger partial charge on any atom is -0.465 e. The Morgan fingerprint density at radius 2 is 1.86 bits per heavy atom. The van der Waals surface area contributed by atoms with Gasteiger partial charge in [-0.2, -0.15) is 0 Å². The molecule has 1 unspecified atom stereocenters. The van der Waals surface area contributed by atoms with E-state index in [1.165, 1.54) is 40.3 Å². The van der Waals surface area contributed by atoms with Crippen LogP contribution < -0.4 is 0 Å². The number of carbonyl (C=O) groups is 1. The van der Waals surface area contributed by atoms with E-state index < -0.39 is 0 Å². The molecule has 2 aromatic rings. The van der Waals surface area contributed by atoms with Gasteiger partial charge in [0.2, 0.25) is 0 Å². The predicted octanol–water partition coefficient (Wildman–Crippen LogP) is 4.90. The molecule has 0 spiro atoms. The number of aryl methyl sites for hydroxylation is 2. The van der Waals surface area contributed by atoms with Crippen LogP contribution in [0.3, 0.4) is 0 Å². The second kappa shape index (κ2) is 8.10. The third-order valence-corrected chi connectivity index (χ3v) is 6.25. The highest BCUT2D eigenvalue weighted by molar-refractivity contribution is 6.30. The Hall–Kier alpha value is -2.10. The number of benzene rings is 2. The van der Waals surface area contributed by atoms with Crippen LogP contribution in [0.4, 0.5) is 0 Å². The largest absolute Gasteiger partial charge is 0.465 e. The molecule has 0 saturated carbocycles. The lowest BCUT2D eigenvalue weighted by Crippen LogP contribution is -2.31. The van der Waals surface area contributed by atoms with Gasteiger partial charge in [-0.1, -0.05) is 41.9 Å². The Balaban J connectivity index is 1.77. The summed E-state index contributed by atoms with van der Waals surface area (Å²) in [5.41, 5.74) is 8.21. The minimum absolute atomic E-state index is 0.216. The summed E-state index contributed by atoms with van der Waals surface area (Å²) in [7, 11) is 0. The van der Waals surface area contributed by atoms with Crippen molar-refractivity contribution in [1.29, 1.82) is 0 Å². The zero-order valence-electron chi connectivity index (χ0n) is 16.5. The Kier molecular flexibility index (Phi) is 5.56. The first-order valence-corrected chi connectivity index (χ1v) is 10.4. The van der Waals surface area contributed by atoms with Gasteiger partial charge in [-0.3, -0.25) is 9.69 Å². The number of rotatable bonds is 3. The van der Waals surface area contributed by atoms with Gasteiger partial charge in [-0.25, -0.2) is 0 Å². The highest BCUT2D eigenvalue weighted by atomic mass is 35.5. The molecule has 1 aliphatic heterocycles. The zero-order valence-corrected chi connectivity index (χ0v) is 17.3. The summed E-state index contributed by atoms with van der Waals surface area (Å²) in [4.78, 5) is 13.5. The van der Waals surface area contributed by atoms with Gasteiger partial charge in [0.15, 0.2) is 0 Å². The van der Waals surface area contributed by atoms with E-state index in [4.69, 9.17) is 16.3 Å². The smallest absolute Gasteiger partial charge is 0.302 e. The van der Waals surface area contributed by atoms with E-state index in [2.05, 4.69) is 48.2 Å². The van der Waals surface area contributed by atoms with Crippen molar-refractivity contribution in [1.82, 2.24) is 4.90 Å². The van der Waals surface area contributed by atoms with Gasteiger partial charge < -0.3 is 4.74 Å². The number of nitrogens with zero attached hydrogens (tertiary/aromatic N) is 1. The number of fused-ring (bicyclic) bond motifs is 2. The molecular formula is C24H26ClNO2. The monoisotopic (exact) mass is 395 g/mol. The summed E-state index contributed by atoms with van der Waals surface area (Å²) in [6.07, 6.45) is 3.10. The average molecular weight is 396 g/mol. The van der Waals surface area contributed by atoms with E-state index >= 15 is 0 Å². The number of hydrogen-bond donors (Lipinski definition) is 0. The fourth-order valence-corrected chi connectivity index (χ4v) is 4.75. The van der Waals surface area contributed by atoms with Crippen LogP contribution in [-0.4, -0.2) is 36.6 Å². The van der Waals surface area contributed by atoms with Crippen molar-refractivity contribution in [3.8, 4) is 0 Å². The molecule has 3 nitrogen and oxygen atoms in total. The minimum atomic E-state index is -0.216. The van der Waals surface area contributed by atoms with Gasteiger partial charge in [0.25, 0.3) is 0 Å². The van der Waals surface area contributed by atoms with Gasteiger partial charge in [0, 0.05) is 31.1 Å². The van der Waals surface area contributed by atoms with Crippen LogP contribution in [0.2, 0.25) is 5.02 Å². The Morgan fingerprint density at radius 3 is 2.64 bits per heavy atom. The molecule has 146 valence electrons. The fraction of sp³-hybridized carbons (Fsp3) is 0.375. The van der Waals surface area contributed by atoms with Crippen molar-refractivity contribution in [2.24, 2.45) is 0 Å². The lowest BCUT2D eigenvalue weighted by molar-refractivity contribution is -0.141. The number of hydrogen-bond acceptors (Lipinski definition) is 3. The molecule has 0 N–H and O–H groups in total. The molecule has 1 aliphatic carbocycles. The van der Waals surface area contributed by atoms with Gasteiger partial charge in [0.1, 0.15) is 6.61 Å². The topological polar surface area (TPSA) is 29.5 Å². The van der Waals surface area contributed by atoms with E-state index in [-0.39, 0.29) is 5.97 Å². The molecule has 1 fully saturated rings. The van der Waals surface area contributed by atoms with E-state index in [0.29, 0.717) is 12.6 Å². The first kappa shape index (κ1) is 19.2. The number of ether oxygens (including phenoxy) is 1. The van der Waals surface area contributed by atoms with Crippen LogP contribution in [0.25, 0.3) is 5.57 Å². The summed E-state index contributed by atoms with van der Waals surface area (Å²) in [5.74, 6) is -0.216. The second-order valence-electron chi connectivity index (χ2n) is 7.66. The first-order valence-electron chi connectivity index (χ1n) is 10.0. The van der Waals surface area contributed by atoms with Crippen LogP contribution in [0.15, 0.2) is 48.0 Å². The molecule has 1 atom stereocenters. The van der Waals surface area contributed by atoms with Crippen LogP contribution in [0.1, 0.15) is 42.5 Å². The number of halogens is 1. The molecule has 1 heterocycles. The number of likely N-dealkylation sites (tertiary alicyclic amines) is 1. The quantitative estimate of drug-likeness (QED) is 0.692. The molecule has 0 radical (unpaired) electrons.